The summed E-state index contributed by atoms with van der Waals surface area (Å²) in [6.07, 6.45) is 3.63. The zero-order valence-corrected chi connectivity index (χ0v) is 11.8. The first-order valence-corrected chi connectivity index (χ1v) is 6.39. The van der Waals surface area contributed by atoms with Crippen LogP contribution in [0.15, 0.2) is 18.3 Å². The van der Waals surface area contributed by atoms with E-state index < -0.39 is 0 Å². The summed E-state index contributed by atoms with van der Waals surface area (Å²) in [6, 6.07) is 3.43. The van der Waals surface area contributed by atoms with Gasteiger partial charge in [0.25, 0.3) is 0 Å². The summed E-state index contributed by atoms with van der Waals surface area (Å²) < 4.78 is 5.21. The van der Waals surface area contributed by atoms with Crippen molar-refractivity contribution >= 4 is 11.9 Å². The zero-order valence-electron chi connectivity index (χ0n) is 11.8. The molecular weight excluding hydrogens is 244 g/mol. The molecule has 2 heterocycles. The molecular formula is C13H22N4O2. The standard InChI is InChI=1S/C9H17NO2.C4H5N3/c1-9(2,3)12-8(11)10-6-4-5-7-10;5-4-2-1-3-6-7-4/h4-7H2,1-3H3;1-3H,(H2,5,7). The van der Waals surface area contributed by atoms with Crippen LogP contribution in [0.2, 0.25) is 0 Å². The van der Waals surface area contributed by atoms with Crippen LogP contribution in [0.25, 0.3) is 0 Å². The minimum Gasteiger partial charge on any atom is -0.444 e. The van der Waals surface area contributed by atoms with Gasteiger partial charge in [-0.15, -0.1) is 5.10 Å². The molecule has 2 rings (SSSR count). The molecule has 0 saturated carbocycles. The number of hydrogen-bond donors (Lipinski definition) is 1. The summed E-state index contributed by atoms with van der Waals surface area (Å²) in [5.41, 5.74) is 4.82. The lowest BCUT2D eigenvalue weighted by Crippen LogP contribution is -2.34. The number of anilines is 1. The number of aromatic nitrogens is 2. The lowest BCUT2D eigenvalue weighted by molar-refractivity contribution is 0.0295. The van der Waals surface area contributed by atoms with Gasteiger partial charge >= 0.3 is 6.09 Å². The van der Waals surface area contributed by atoms with E-state index in [4.69, 9.17) is 10.5 Å². The average molecular weight is 266 g/mol. The van der Waals surface area contributed by atoms with Crippen molar-refractivity contribution in [2.45, 2.75) is 39.2 Å². The van der Waals surface area contributed by atoms with Gasteiger partial charge in [-0.2, -0.15) is 5.10 Å². The van der Waals surface area contributed by atoms with Crippen LogP contribution in [-0.2, 0) is 4.74 Å². The van der Waals surface area contributed by atoms with Gasteiger partial charge in [-0.25, -0.2) is 4.79 Å². The van der Waals surface area contributed by atoms with Crippen LogP contribution in [-0.4, -0.2) is 39.9 Å². The summed E-state index contributed by atoms with van der Waals surface area (Å²) in [7, 11) is 0. The van der Waals surface area contributed by atoms with Crippen LogP contribution in [0.5, 0.6) is 0 Å². The van der Waals surface area contributed by atoms with Gasteiger partial charge in [0.2, 0.25) is 0 Å². The van der Waals surface area contributed by atoms with Crippen LogP contribution in [0, 0.1) is 0 Å². The Bertz CT molecular complexity index is 383. The number of carbonyl (C=O) groups is 1. The largest absolute Gasteiger partial charge is 0.444 e. The van der Waals surface area contributed by atoms with E-state index >= 15 is 0 Å². The Hall–Kier alpha value is -1.85. The van der Waals surface area contributed by atoms with Crippen LogP contribution >= 0.6 is 0 Å². The molecule has 0 spiro atoms. The molecule has 1 aliphatic rings. The fourth-order valence-electron chi connectivity index (χ4n) is 1.54. The second-order valence-corrected chi connectivity index (χ2v) is 5.32. The number of amides is 1. The Balaban J connectivity index is 0.000000218. The predicted molar refractivity (Wildman–Crippen MR) is 73.5 cm³/mol. The van der Waals surface area contributed by atoms with Crippen molar-refractivity contribution in [2.24, 2.45) is 0 Å². The summed E-state index contributed by atoms with van der Waals surface area (Å²) in [6.45, 7) is 7.38. The van der Waals surface area contributed by atoms with Crippen molar-refractivity contribution in [2.75, 3.05) is 18.8 Å². The van der Waals surface area contributed by atoms with Crippen molar-refractivity contribution in [1.82, 2.24) is 15.1 Å². The highest BCUT2D eigenvalue weighted by Gasteiger charge is 2.23. The van der Waals surface area contributed by atoms with E-state index in [-0.39, 0.29) is 11.7 Å². The Labute approximate surface area is 113 Å². The quantitative estimate of drug-likeness (QED) is 0.777. The zero-order chi connectivity index (χ0) is 14.3. The number of likely N-dealkylation sites (tertiary alicyclic amines) is 1. The van der Waals surface area contributed by atoms with Crippen molar-refractivity contribution in [1.29, 1.82) is 0 Å². The highest BCUT2D eigenvalue weighted by molar-refractivity contribution is 5.68. The third kappa shape index (κ3) is 6.59. The van der Waals surface area contributed by atoms with E-state index in [2.05, 4.69) is 10.2 Å². The molecule has 2 N–H and O–H groups in total. The fourth-order valence-corrected chi connectivity index (χ4v) is 1.54. The lowest BCUT2D eigenvalue weighted by atomic mass is 10.2. The molecule has 1 aromatic heterocycles. The number of nitrogens with two attached hydrogens (primary N) is 1. The Morgan fingerprint density at radius 1 is 1.37 bits per heavy atom. The highest BCUT2D eigenvalue weighted by Crippen LogP contribution is 2.14. The van der Waals surface area contributed by atoms with Crippen molar-refractivity contribution in [3.8, 4) is 0 Å². The average Bonchev–Trinajstić information content (AvgIpc) is 2.82. The third-order valence-corrected chi connectivity index (χ3v) is 2.35. The smallest absolute Gasteiger partial charge is 0.410 e. The number of ether oxygens (including phenoxy) is 1. The maximum atomic E-state index is 11.4. The molecule has 1 amide bonds. The molecule has 0 atom stereocenters. The number of hydrogen-bond acceptors (Lipinski definition) is 5. The Morgan fingerprint density at radius 2 is 2.00 bits per heavy atom. The van der Waals surface area contributed by atoms with Gasteiger partial charge in [0.15, 0.2) is 0 Å². The fraction of sp³-hybridized carbons (Fsp3) is 0.615. The van der Waals surface area contributed by atoms with E-state index in [0.717, 1.165) is 25.9 Å². The summed E-state index contributed by atoms with van der Waals surface area (Å²) >= 11 is 0. The van der Waals surface area contributed by atoms with Gasteiger partial charge < -0.3 is 15.4 Å². The van der Waals surface area contributed by atoms with Crippen LogP contribution in [0.3, 0.4) is 0 Å². The van der Waals surface area contributed by atoms with Crippen LogP contribution < -0.4 is 5.73 Å². The molecule has 1 aromatic rings. The van der Waals surface area contributed by atoms with E-state index in [0.29, 0.717) is 5.82 Å². The summed E-state index contributed by atoms with van der Waals surface area (Å²) in [4.78, 5) is 13.1. The number of nitrogens with zero attached hydrogens (tertiary/aromatic N) is 3. The van der Waals surface area contributed by atoms with Gasteiger partial charge in [0.05, 0.1) is 0 Å². The monoisotopic (exact) mass is 266 g/mol. The molecule has 0 unspecified atom stereocenters. The minimum atomic E-state index is -0.361. The molecule has 0 aromatic carbocycles. The van der Waals surface area contributed by atoms with E-state index in [1.807, 2.05) is 20.8 Å². The molecule has 1 fully saturated rings. The van der Waals surface area contributed by atoms with Crippen LogP contribution in [0.1, 0.15) is 33.6 Å². The molecule has 1 aliphatic heterocycles. The first-order chi connectivity index (χ1) is 8.88. The normalized spacial score (nSPS) is 14.6. The first-order valence-electron chi connectivity index (χ1n) is 6.39. The van der Waals surface area contributed by atoms with E-state index in [1.54, 1.807) is 23.2 Å². The Morgan fingerprint density at radius 3 is 2.37 bits per heavy atom. The first kappa shape index (κ1) is 15.2. The topological polar surface area (TPSA) is 81.3 Å². The number of carbonyl (C=O) groups excluding carboxylic acids is 1. The molecule has 1 saturated heterocycles. The van der Waals surface area contributed by atoms with E-state index in [1.165, 1.54) is 0 Å². The molecule has 0 radical (unpaired) electrons. The predicted octanol–water partition coefficient (Wildman–Crippen LogP) is 2.08. The molecule has 19 heavy (non-hydrogen) atoms. The van der Waals surface area contributed by atoms with Crippen molar-refractivity contribution in [3.05, 3.63) is 18.3 Å². The van der Waals surface area contributed by atoms with Gasteiger partial charge in [0.1, 0.15) is 11.4 Å². The summed E-state index contributed by atoms with van der Waals surface area (Å²) in [5.74, 6) is 0.461. The molecule has 106 valence electrons. The molecule has 0 aliphatic carbocycles. The van der Waals surface area contributed by atoms with Gasteiger partial charge in [0, 0.05) is 19.3 Å². The highest BCUT2D eigenvalue weighted by atomic mass is 16.6. The second kappa shape index (κ2) is 6.92. The van der Waals surface area contributed by atoms with Crippen LogP contribution in [0.4, 0.5) is 10.6 Å². The Kier molecular flexibility index (Phi) is 5.54. The maximum Gasteiger partial charge on any atom is 0.410 e. The van der Waals surface area contributed by atoms with E-state index in [9.17, 15) is 4.79 Å². The molecule has 0 bridgehead atoms. The van der Waals surface area contributed by atoms with Crippen molar-refractivity contribution < 1.29 is 9.53 Å². The van der Waals surface area contributed by atoms with Gasteiger partial charge in [-0.05, 0) is 45.7 Å². The molecule has 6 heteroatoms. The van der Waals surface area contributed by atoms with Gasteiger partial charge in [-0.3, -0.25) is 0 Å². The SMILES string of the molecule is CC(C)(C)OC(=O)N1CCCC1.Nc1cccnn1. The lowest BCUT2D eigenvalue weighted by Gasteiger charge is -2.23. The minimum absolute atomic E-state index is 0.167. The molecule has 6 nitrogen and oxygen atoms in total. The summed E-state index contributed by atoms with van der Waals surface area (Å²) in [5, 5.41) is 7.02. The number of nitrogen functional groups attached to an aromatic ring is 1. The third-order valence-electron chi connectivity index (χ3n) is 2.35. The van der Waals surface area contributed by atoms with Gasteiger partial charge in [-0.1, -0.05) is 0 Å². The number of rotatable bonds is 0. The van der Waals surface area contributed by atoms with Crippen molar-refractivity contribution in [3.63, 3.8) is 0 Å². The second-order valence-electron chi connectivity index (χ2n) is 5.32. The maximum absolute atomic E-state index is 11.4.